The number of nitrogens with two attached hydrogens (primary N) is 1. The number of piperidine rings is 1. The molecule has 1 fully saturated rings. The molecule has 0 saturated carbocycles. The van der Waals surface area contributed by atoms with Crippen molar-refractivity contribution in [3.8, 4) is 0 Å². The Morgan fingerprint density at radius 3 is 2.15 bits per heavy atom. The van der Waals surface area contributed by atoms with Crippen LogP contribution in [0.3, 0.4) is 0 Å². The number of hydrogen-bond donors (Lipinski definition) is 2. The molecule has 6 nitrogen and oxygen atoms in total. The lowest BCUT2D eigenvalue weighted by atomic mass is 10.0. The molecule has 0 radical (unpaired) electrons. The molecule has 0 spiro atoms. The van der Waals surface area contributed by atoms with Crippen LogP contribution in [-0.4, -0.2) is 41.8 Å². The molecule has 0 unspecified atom stereocenters. The second-order valence-corrected chi connectivity index (χ2v) is 6.46. The van der Waals surface area contributed by atoms with Gasteiger partial charge in [-0.3, -0.25) is 14.4 Å². The summed E-state index contributed by atoms with van der Waals surface area (Å²) in [5, 5.41) is 2.93. The number of rotatable bonds is 4. The molecule has 3 rings (SSSR count). The summed E-state index contributed by atoms with van der Waals surface area (Å²) in [6.45, 7) is 0.886. The van der Waals surface area contributed by atoms with E-state index in [1.54, 1.807) is 29.2 Å². The summed E-state index contributed by atoms with van der Waals surface area (Å²) in [5.41, 5.74) is 6.02. The Hall–Kier alpha value is -3.22. The number of carbonyl (C=O) groups excluding carboxylic acids is 3. The van der Waals surface area contributed by atoms with E-state index in [1.165, 1.54) is 24.3 Å². The molecular formula is C20H20FN3O3. The standard InChI is InChI=1S/C20H20FN3O3/c21-17-4-2-1-3-16(17)20(27)24-11-9-15(10-12-24)23-19(26)14-7-5-13(6-8-14)18(22)25/h1-8,15H,9-12H2,(H2,22,25)(H,23,26). The molecule has 0 bridgehead atoms. The van der Waals surface area contributed by atoms with E-state index in [0.29, 0.717) is 37.1 Å². The summed E-state index contributed by atoms with van der Waals surface area (Å²) in [6.07, 6.45) is 1.18. The van der Waals surface area contributed by atoms with Crippen molar-refractivity contribution >= 4 is 17.7 Å². The van der Waals surface area contributed by atoms with Crippen LogP contribution in [-0.2, 0) is 0 Å². The Bertz CT molecular complexity index is 859. The van der Waals surface area contributed by atoms with E-state index in [1.807, 2.05) is 0 Å². The van der Waals surface area contributed by atoms with Gasteiger partial charge in [0.1, 0.15) is 5.82 Å². The summed E-state index contributed by atoms with van der Waals surface area (Å²) in [7, 11) is 0. The van der Waals surface area contributed by atoms with E-state index >= 15 is 0 Å². The van der Waals surface area contributed by atoms with Crippen LogP contribution in [0.4, 0.5) is 4.39 Å². The maximum atomic E-state index is 13.8. The number of benzene rings is 2. The van der Waals surface area contributed by atoms with Crippen LogP contribution in [0.1, 0.15) is 43.9 Å². The number of likely N-dealkylation sites (tertiary alicyclic amines) is 1. The number of hydrogen-bond acceptors (Lipinski definition) is 3. The van der Waals surface area contributed by atoms with E-state index < -0.39 is 11.7 Å². The molecular weight excluding hydrogens is 349 g/mol. The van der Waals surface area contributed by atoms with Crippen molar-refractivity contribution in [3.63, 3.8) is 0 Å². The van der Waals surface area contributed by atoms with Gasteiger partial charge in [0, 0.05) is 30.3 Å². The van der Waals surface area contributed by atoms with Gasteiger partial charge < -0.3 is 16.0 Å². The summed E-state index contributed by atoms with van der Waals surface area (Å²) in [6, 6.07) is 12.0. The van der Waals surface area contributed by atoms with Crippen LogP contribution in [0.15, 0.2) is 48.5 Å². The number of primary amides is 1. The van der Waals surface area contributed by atoms with E-state index in [4.69, 9.17) is 5.73 Å². The van der Waals surface area contributed by atoms with Crippen LogP contribution in [0.5, 0.6) is 0 Å². The fraction of sp³-hybridized carbons (Fsp3) is 0.250. The van der Waals surface area contributed by atoms with Gasteiger partial charge in [0.05, 0.1) is 5.56 Å². The normalized spacial score (nSPS) is 14.6. The third-order valence-corrected chi connectivity index (χ3v) is 4.65. The van der Waals surface area contributed by atoms with Crippen molar-refractivity contribution in [1.82, 2.24) is 10.2 Å². The minimum absolute atomic E-state index is 0.0644. The Labute approximate surface area is 156 Å². The lowest BCUT2D eigenvalue weighted by Gasteiger charge is -2.32. The number of nitrogens with zero attached hydrogens (tertiary/aromatic N) is 1. The van der Waals surface area contributed by atoms with E-state index in [2.05, 4.69) is 5.32 Å². The molecule has 27 heavy (non-hydrogen) atoms. The first-order valence-corrected chi connectivity index (χ1v) is 8.70. The van der Waals surface area contributed by atoms with Gasteiger partial charge in [-0.1, -0.05) is 12.1 Å². The molecule has 3 amide bonds. The largest absolute Gasteiger partial charge is 0.366 e. The highest BCUT2D eigenvalue weighted by Gasteiger charge is 2.26. The SMILES string of the molecule is NC(=O)c1ccc(C(=O)NC2CCN(C(=O)c3ccccc3F)CC2)cc1. The first-order valence-electron chi connectivity index (χ1n) is 8.70. The molecule has 1 aliphatic rings. The number of nitrogens with one attached hydrogen (secondary N) is 1. The third kappa shape index (κ3) is 4.31. The zero-order valence-corrected chi connectivity index (χ0v) is 14.7. The van der Waals surface area contributed by atoms with Crippen LogP contribution in [0.25, 0.3) is 0 Å². The maximum absolute atomic E-state index is 13.8. The van der Waals surface area contributed by atoms with Crippen LogP contribution < -0.4 is 11.1 Å². The lowest BCUT2D eigenvalue weighted by molar-refractivity contribution is 0.0693. The molecule has 140 valence electrons. The maximum Gasteiger partial charge on any atom is 0.256 e. The second kappa shape index (κ2) is 7.99. The van der Waals surface area contributed by atoms with Crippen molar-refractivity contribution < 1.29 is 18.8 Å². The van der Waals surface area contributed by atoms with Gasteiger partial charge in [-0.2, -0.15) is 0 Å². The van der Waals surface area contributed by atoms with E-state index in [-0.39, 0.29) is 23.4 Å². The molecule has 0 aliphatic carbocycles. The van der Waals surface area contributed by atoms with Crippen LogP contribution in [0.2, 0.25) is 0 Å². The fourth-order valence-corrected chi connectivity index (χ4v) is 3.09. The van der Waals surface area contributed by atoms with E-state index in [9.17, 15) is 18.8 Å². The second-order valence-electron chi connectivity index (χ2n) is 6.46. The summed E-state index contributed by atoms with van der Waals surface area (Å²) < 4.78 is 13.8. The lowest BCUT2D eigenvalue weighted by Crippen LogP contribution is -2.46. The highest BCUT2D eigenvalue weighted by molar-refractivity contribution is 5.97. The molecule has 1 heterocycles. The Morgan fingerprint density at radius 2 is 1.56 bits per heavy atom. The smallest absolute Gasteiger partial charge is 0.256 e. The predicted molar refractivity (Wildman–Crippen MR) is 97.8 cm³/mol. The molecule has 2 aromatic carbocycles. The highest BCUT2D eigenvalue weighted by atomic mass is 19.1. The summed E-state index contributed by atoms with van der Waals surface area (Å²) in [4.78, 5) is 37.4. The molecule has 1 aliphatic heterocycles. The highest BCUT2D eigenvalue weighted by Crippen LogP contribution is 2.16. The topological polar surface area (TPSA) is 92.5 Å². The Morgan fingerprint density at radius 1 is 0.963 bits per heavy atom. The van der Waals surface area contributed by atoms with Gasteiger partial charge in [0.25, 0.3) is 11.8 Å². The zero-order chi connectivity index (χ0) is 19.4. The Balaban J connectivity index is 1.55. The van der Waals surface area contributed by atoms with Crippen molar-refractivity contribution in [2.75, 3.05) is 13.1 Å². The monoisotopic (exact) mass is 369 g/mol. The zero-order valence-electron chi connectivity index (χ0n) is 14.7. The fourth-order valence-electron chi connectivity index (χ4n) is 3.09. The van der Waals surface area contributed by atoms with Gasteiger partial charge in [-0.05, 0) is 49.2 Å². The molecule has 0 aromatic heterocycles. The van der Waals surface area contributed by atoms with Gasteiger partial charge in [-0.15, -0.1) is 0 Å². The molecule has 0 atom stereocenters. The average molecular weight is 369 g/mol. The van der Waals surface area contributed by atoms with Crippen molar-refractivity contribution in [2.24, 2.45) is 5.73 Å². The van der Waals surface area contributed by atoms with Crippen molar-refractivity contribution in [3.05, 3.63) is 71.0 Å². The number of halogens is 1. The average Bonchev–Trinajstić information content (AvgIpc) is 2.68. The minimum atomic E-state index is -0.547. The predicted octanol–water partition coefficient (Wildman–Crippen LogP) is 1.96. The number of amides is 3. The van der Waals surface area contributed by atoms with Crippen molar-refractivity contribution in [2.45, 2.75) is 18.9 Å². The molecule has 7 heteroatoms. The minimum Gasteiger partial charge on any atom is -0.366 e. The summed E-state index contributed by atoms with van der Waals surface area (Å²) in [5.74, 6) is -1.66. The van der Waals surface area contributed by atoms with Gasteiger partial charge in [0.2, 0.25) is 5.91 Å². The van der Waals surface area contributed by atoms with Crippen LogP contribution >= 0.6 is 0 Å². The van der Waals surface area contributed by atoms with Crippen LogP contribution in [0, 0.1) is 5.82 Å². The molecule has 2 aromatic rings. The number of carbonyl (C=O) groups is 3. The first-order chi connectivity index (χ1) is 13.0. The van der Waals surface area contributed by atoms with Gasteiger partial charge in [-0.25, -0.2) is 4.39 Å². The van der Waals surface area contributed by atoms with Gasteiger partial charge >= 0.3 is 0 Å². The summed E-state index contributed by atoms with van der Waals surface area (Å²) >= 11 is 0. The Kier molecular flexibility index (Phi) is 5.49. The first kappa shape index (κ1) is 18.6. The quantitative estimate of drug-likeness (QED) is 0.863. The molecule has 3 N–H and O–H groups in total. The van der Waals surface area contributed by atoms with E-state index in [0.717, 1.165) is 0 Å². The van der Waals surface area contributed by atoms with Crippen molar-refractivity contribution in [1.29, 1.82) is 0 Å². The third-order valence-electron chi connectivity index (χ3n) is 4.65. The molecule has 1 saturated heterocycles. The van der Waals surface area contributed by atoms with Gasteiger partial charge in [0.15, 0.2) is 0 Å².